The van der Waals surface area contributed by atoms with Crippen molar-refractivity contribution in [1.29, 1.82) is 0 Å². The fourth-order valence-electron chi connectivity index (χ4n) is 1.31. The first-order valence-corrected chi connectivity index (χ1v) is 5.69. The van der Waals surface area contributed by atoms with Gasteiger partial charge in [0.15, 0.2) is 5.78 Å². The molecule has 1 N–H and O–H groups in total. The summed E-state index contributed by atoms with van der Waals surface area (Å²) in [5.74, 6) is -0.171. The lowest BCUT2D eigenvalue weighted by molar-refractivity contribution is 0.105. The van der Waals surface area contributed by atoms with E-state index < -0.39 is 0 Å². The number of rotatable bonds is 3. The molecule has 80 valence electrons. The largest absolute Gasteiger partial charge is 0.507 e. The van der Waals surface area contributed by atoms with Crippen molar-refractivity contribution in [2.75, 3.05) is 0 Å². The average molecular weight is 230 g/mol. The van der Waals surface area contributed by atoms with Gasteiger partial charge in [0.2, 0.25) is 0 Å². The lowest BCUT2D eigenvalue weighted by atomic mass is 10.1. The molecule has 0 fully saturated rings. The molecule has 0 unspecified atom stereocenters. The Morgan fingerprint density at radius 3 is 2.50 bits per heavy atom. The van der Waals surface area contributed by atoms with Crippen LogP contribution < -0.4 is 0 Å². The topological polar surface area (TPSA) is 37.3 Å². The van der Waals surface area contributed by atoms with Crippen molar-refractivity contribution in [2.45, 2.75) is 0 Å². The lowest BCUT2D eigenvalue weighted by Gasteiger charge is -1.98. The summed E-state index contributed by atoms with van der Waals surface area (Å²) in [5, 5.41) is 11.6. The molecule has 0 amide bonds. The molecule has 1 aromatic heterocycles. The SMILES string of the molecule is O=C(C=C(O)c1ccccc1)c1cccs1. The number of hydrogen-bond acceptors (Lipinski definition) is 3. The van der Waals surface area contributed by atoms with Gasteiger partial charge in [-0.2, -0.15) is 0 Å². The first-order valence-electron chi connectivity index (χ1n) is 4.81. The molecule has 0 aliphatic carbocycles. The van der Waals surface area contributed by atoms with E-state index in [2.05, 4.69) is 0 Å². The van der Waals surface area contributed by atoms with Crippen LogP contribution in [0.5, 0.6) is 0 Å². The molecule has 2 aromatic rings. The van der Waals surface area contributed by atoms with Crippen molar-refractivity contribution in [1.82, 2.24) is 0 Å². The minimum atomic E-state index is -0.170. The lowest BCUT2D eigenvalue weighted by Crippen LogP contribution is -1.93. The van der Waals surface area contributed by atoms with E-state index in [1.165, 1.54) is 17.4 Å². The summed E-state index contributed by atoms with van der Waals surface area (Å²) in [6.45, 7) is 0. The number of thiophene rings is 1. The fraction of sp³-hybridized carbons (Fsp3) is 0. The molecule has 0 saturated carbocycles. The Hall–Kier alpha value is -1.87. The van der Waals surface area contributed by atoms with Crippen LogP contribution in [0.4, 0.5) is 0 Å². The number of aliphatic hydroxyl groups excluding tert-OH is 1. The minimum absolute atomic E-state index is 0.000926. The third kappa shape index (κ3) is 2.38. The molecule has 0 saturated heterocycles. The van der Waals surface area contributed by atoms with Crippen LogP contribution in [-0.2, 0) is 0 Å². The Morgan fingerprint density at radius 1 is 1.12 bits per heavy atom. The first kappa shape index (κ1) is 10.6. The predicted octanol–water partition coefficient (Wildman–Crippen LogP) is 3.53. The predicted molar refractivity (Wildman–Crippen MR) is 65.7 cm³/mol. The highest BCUT2D eigenvalue weighted by Gasteiger charge is 2.06. The standard InChI is InChI=1S/C13H10O2S/c14-11(10-5-2-1-3-6-10)9-12(15)13-7-4-8-16-13/h1-9,14H. The van der Waals surface area contributed by atoms with Crippen molar-refractivity contribution in [3.05, 3.63) is 64.4 Å². The number of hydrogen-bond donors (Lipinski definition) is 1. The van der Waals surface area contributed by atoms with E-state index in [0.29, 0.717) is 10.4 Å². The Morgan fingerprint density at radius 2 is 1.88 bits per heavy atom. The quantitative estimate of drug-likeness (QED) is 0.497. The van der Waals surface area contributed by atoms with Gasteiger partial charge < -0.3 is 5.11 Å². The third-order valence-corrected chi connectivity index (χ3v) is 2.99. The molecule has 0 spiro atoms. The maximum absolute atomic E-state index is 11.7. The summed E-state index contributed by atoms with van der Waals surface area (Å²) in [4.78, 5) is 12.3. The van der Waals surface area contributed by atoms with E-state index in [0.717, 1.165) is 0 Å². The van der Waals surface area contributed by atoms with Crippen molar-refractivity contribution in [2.24, 2.45) is 0 Å². The molecule has 1 heterocycles. The van der Waals surface area contributed by atoms with Crippen LogP contribution in [0.1, 0.15) is 15.2 Å². The molecule has 3 heteroatoms. The summed E-state index contributed by atoms with van der Waals surface area (Å²) in [7, 11) is 0. The van der Waals surface area contributed by atoms with E-state index in [1.54, 1.807) is 18.2 Å². The Labute approximate surface area is 97.5 Å². The molecule has 2 rings (SSSR count). The molecule has 0 atom stereocenters. The number of aliphatic hydroxyl groups is 1. The zero-order chi connectivity index (χ0) is 11.4. The van der Waals surface area contributed by atoms with E-state index in [4.69, 9.17) is 0 Å². The maximum atomic E-state index is 11.7. The second kappa shape index (κ2) is 4.77. The second-order valence-electron chi connectivity index (χ2n) is 3.24. The van der Waals surface area contributed by atoms with Crippen LogP contribution in [0, 0.1) is 0 Å². The Balaban J connectivity index is 2.23. The van der Waals surface area contributed by atoms with Gasteiger partial charge in [-0.3, -0.25) is 4.79 Å². The fourth-order valence-corrected chi connectivity index (χ4v) is 1.94. The Kier molecular flexibility index (Phi) is 3.17. The summed E-state index contributed by atoms with van der Waals surface area (Å²) in [6, 6.07) is 12.6. The van der Waals surface area contributed by atoms with Gasteiger partial charge in [0.05, 0.1) is 4.88 Å². The highest BCUT2D eigenvalue weighted by atomic mass is 32.1. The van der Waals surface area contributed by atoms with Crippen molar-refractivity contribution >= 4 is 22.9 Å². The van der Waals surface area contributed by atoms with Gasteiger partial charge in [-0.15, -0.1) is 11.3 Å². The van der Waals surface area contributed by atoms with Gasteiger partial charge >= 0.3 is 0 Å². The van der Waals surface area contributed by atoms with Gasteiger partial charge in [-0.25, -0.2) is 0 Å². The second-order valence-corrected chi connectivity index (χ2v) is 4.18. The minimum Gasteiger partial charge on any atom is -0.507 e. The molecule has 2 nitrogen and oxygen atoms in total. The summed E-state index contributed by atoms with van der Waals surface area (Å²) < 4.78 is 0. The van der Waals surface area contributed by atoms with Gasteiger partial charge in [0, 0.05) is 11.6 Å². The molecule has 0 aliphatic rings. The van der Waals surface area contributed by atoms with Gasteiger partial charge in [0.25, 0.3) is 0 Å². The van der Waals surface area contributed by atoms with Crippen LogP contribution >= 0.6 is 11.3 Å². The summed E-state index contributed by atoms with van der Waals surface area (Å²) >= 11 is 1.36. The molecule has 1 aromatic carbocycles. The maximum Gasteiger partial charge on any atom is 0.199 e. The molecular formula is C13H10O2S. The van der Waals surface area contributed by atoms with Gasteiger partial charge in [0.1, 0.15) is 5.76 Å². The normalized spacial score (nSPS) is 11.4. The smallest absolute Gasteiger partial charge is 0.199 e. The molecule has 16 heavy (non-hydrogen) atoms. The van der Waals surface area contributed by atoms with Gasteiger partial charge in [-0.1, -0.05) is 36.4 Å². The number of benzene rings is 1. The summed E-state index contributed by atoms with van der Waals surface area (Å²) in [6.07, 6.45) is 1.25. The van der Waals surface area contributed by atoms with Crippen LogP contribution in [0.2, 0.25) is 0 Å². The molecule has 0 bridgehead atoms. The molecule has 0 radical (unpaired) electrons. The zero-order valence-corrected chi connectivity index (χ0v) is 9.28. The number of allylic oxidation sites excluding steroid dienone is 1. The van der Waals surface area contributed by atoms with Crippen LogP contribution in [0.15, 0.2) is 53.9 Å². The summed E-state index contributed by atoms with van der Waals surface area (Å²) in [5.41, 5.74) is 0.646. The van der Waals surface area contributed by atoms with Crippen LogP contribution in [0.25, 0.3) is 5.76 Å². The van der Waals surface area contributed by atoms with Crippen LogP contribution in [0.3, 0.4) is 0 Å². The highest BCUT2D eigenvalue weighted by molar-refractivity contribution is 7.12. The van der Waals surface area contributed by atoms with E-state index in [9.17, 15) is 9.90 Å². The van der Waals surface area contributed by atoms with Crippen molar-refractivity contribution < 1.29 is 9.90 Å². The van der Waals surface area contributed by atoms with E-state index in [1.807, 2.05) is 29.6 Å². The van der Waals surface area contributed by atoms with E-state index in [-0.39, 0.29) is 11.5 Å². The number of carbonyl (C=O) groups excluding carboxylic acids is 1. The van der Waals surface area contributed by atoms with E-state index >= 15 is 0 Å². The molecular weight excluding hydrogens is 220 g/mol. The number of ketones is 1. The van der Waals surface area contributed by atoms with Gasteiger partial charge in [-0.05, 0) is 11.4 Å². The van der Waals surface area contributed by atoms with Crippen molar-refractivity contribution in [3.8, 4) is 0 Å². The van der Waals surface area contributed by atoms with Crippen LogP contribution in [-0.4, -0.2) is 10.9 Å². The Bertz CT molecular complexity index is 498. The highest BCUT2D eigenvalue weighted by Crippen LogP contribution is 2.15. The average Bonchev–Trinajstić information content (AvgIpc) is 2.83. The van der Waals surface area contributed by atoms with Crippen molar-refractivity contribution in [3.63, 3.8) is 0 Å². The number of carbonyl (C=O) groups is 1. The first-order chi connectivity index (χ1) is 7.77. The zero-order valence-electron chi connectivity index (χ0n) is 8.46. The molecule has 0 aliphatic heterocycles. The monoisotopic (exact) mass is 230 g/mol. The third-order valence-electron chi connectivity index (χ3n) is 2.10.